The summed E-state index contributed by atoms with van der Waals surface area (Å²) in [4.78, 5) is 38.0. The van der Waals surface area contributed by atoms with Gasteiger partial charge in [-0.2, -0.15) is 0 Å². The van der Waals surface area contributed by atoms with Crippen LogP contribution in [0.2, 0.25) is 5.02 Å². The number of rotatable bonds is 3. The molecule has 23 heavy (non-hydrogen) atoms. The Balaban J connectivity index is 1.95. The highest BCUT2D eigenvalue weighted by atomic mass is 35.5. The number of halogens is 1. The van der Waals surface area contributed by atoms with Gasteiger partial charge in [-0.15, -0.1) is 0 Å². The highest BCUT2D eigenvalue weighted by molar-refractivity contribution is 6.34. The summed E-state index contributed by atoms with van der Waals surface area (Å²) in [5.41, 5.74) is 1.29. The monoisotopic (exact) mass is 339 g/mol. The molecule has 3 amide bonds. The van der Waals surface area contributed by atoms with Crippen LogP contribution in [-0.4, -0.2) is 65.5 Å². The van der Waals surface area contributed by atoms with Gasteiger partial charge in [0.1, 0.15) is 6.54 Å². The molecular formula is C15H18ClN3O4. The van der Waals surface area contributed by atoms with Crippen molar-refractivity contribution in [1.82, 2.24) is 15.1 Å². The minimum Gasteiger partial charge on any atom is -0.480 e. The van der Waals surface area contributed by atoms with E-state index in [0.717, 1.165) is 5.56 Å². The third-order valence-corrected chi connectivity index (χ3v) is 4.00. The first-order chi connectivity index (χ1) is 10.9. The SMILES string of the molecule is Cc1cccc(Cl)c1C(=O)N1CCN(C(=O)NCC(=O)O)CC1. The molecule has 1 aromatic rings. The molecule has 0 atom stereocenters. The summed E-state index contributed by atoms with van der Waals surface area (Å²) in [6, 6.07) is 4.86. The van der Waals surface area contributed by atoms with Crippen LogP contribution in [0.15, 0.2) is 18.2 Å². The van der Waals surface area contributed by atoms with Crippen molar-refractivity contribution in [2.24, 2.45) is 0 Å². The van der Waals surface area contributed by atoms with Gasteiger partial charge in [0, 0.05) is 26.2 Å². The first kappa shape index (κ1) is 17.1. The molecule has 7 nitrogen and oxygen atoms in total. The van der Waals surface area contributed by atoms with Gasteiger partial charge < -0.3 is 20.2 Å². The average molecular weight is 340 g/mol. The molecule has 1 aliphatic rings. The molecule has 0 aromatic heterocycles. The van der Waals surface area contributed by atoms with Crippen LogP contribution in [0.25, 0.3) is 0 Å². The highest BCUT2D eigenvalue weighted by Crippen LogP contribution is 2.22. The Morgan fingerprint density at radius 2 is 1.78 bits per heavy atom. The molecule has 2 rings (SSSR count). The van der Waals surface area contributed by atoms with Crippen LogP contribution in [-0.2, 0) is 4.79 Å². The number of carboxylic acid groups (broad SMARTS) is 1. The van der Waals surface area contributed by atoms with Crippen molar-refractivity contribution in [3.63, 3.8) is 0 Å². The number of benzene rings is 1. The summed E-state index contributed by atoms with van der Waals surface area (Å²) in [6.45, 7) is 2.86. The van der Waals surface area contributed by atoms with Crippen LogP contribution >= 0.6 is 11.6 Å². The number of nitrogens with zero attached hydrogens (tertiary/aromatic N) is 2. The van der Waals surface area contributed by atoms with Crippen LogP contribution in [0.4, 0.5) is 4.79 Å². The second kappa shape index (κ2) is 7.32. The molecule has 124 valence electrons. The van der Waals surface area contributed by atoms with Crippen LogP contribution in [0, 0.1) is 6.92 Å². The number of carbonyl (C=O) groups is 3. The maximum absolute atomic E-state index is 12.6. The maximum atomic E-state index is 12.6. The molecule has 2 N–H and O–H groups in total. The molecule has 1 saturated heterocycles. The van der Waals surface area contributed by atoms with Crippen LogP contribution in [0.3, 0.4) is 0 Å². The molecule has 0 bridgehead atoms. The number of urea groups is 1. The van der Waals surface area contributed by atoms with E-state index in [-0.39, 0.29) is 5.91 Å². The number of aryl methyl sites for hydroxylation is 1. The van der Waals surface area contributed by atoms with Crippen molar-refractivity contribution in [2.75, 3.05) is 32.7 Å². The van der Waals surface area contributed by atoms with Crippen molar-refractivity contribution in [3.8, 4) is 0 Å². The summed E-state index contributed by atoms with van der Waals surface area (Å²) in [5, 5.41) is 11.3. The normalized spacial score (nSPS) is 14.5. The Labute approximate surface area is 138 Å². The smallest absolute Gasteiger partial charge is 0.323 e. The van der Waals surface area contributed by atoms with E-state index in [1.54, 1.807) is 17.0 Å². The zero-order valence-corrected chi connectivity index (χ0v) is 13.5. The third kappa shape index (κ3) is 4.13. The first-order valence-corrected chi connectivity index (χ1v) is 7.57. The third-order valence-electron chi connectivity index (χ3n) is 3.68. The summed E-state index contributed by atoms with van der Waals surface area (Å²) < 4.78 is 0. The molecule has 8 heteroatoms. The first-order valence-electron chi connectivity index (χ1n) is 7.19. The largest absolute Gasteiger partial charge is 0.480 e. The summed E-state index contributed by atoms with van der Waals surface area (Å²) in [5.74, 6) is -1.25. The number of hydrogen-bond donors (Lipinski definition) is 2. The van der Waals surface area contributed by atoms with Crippen LogP contribution in [0.1, 0.15) is 15.9 Å². The Kier molecular flexibility index (Phi) is 5.44. The van der Waals surface area contributed by atoms with E-state index in [9.17, 15) is 14.4 Å². The van der Waals surface area contributed by atoms with Crippen LogP contribution < -0.4 is 5.32 Å². The number of carbonyl (C=O) groups excluding carboxylic acids is 2. The van der Waals surface area contributed by atoms with E-state index in [0.29, 0.717) is 36.8 Å². The molecular weight excluding hydrogens is 322 g/mol. The second-order valence-electron chi connectivity index (χ2n) is 5.26. The lowest BCUT2D eigenvalue weighted by molar-refractivity contribution is -0.135. The summed E-state index contributed by atoms with van der Waals surface area (Å²) in [7, 11) is 0. The number of nitrogens with one attached hydrogen (secondary N) is 1. The lowest BCUT2D eigenvalue weighted by atomic mass is 10.1. The fourth-order valence-corrected chi connectivity index (χ4v) is 2.74. The van der Waals surface area contributed by atoms with Gasteiger partial charge in [-0.25, -0.2) is 4.79 Å². The van der Waals surface area contributed by atoms with E-state index in [1.807, 2.05) is 13.0 Å². The minimum absolute atomic E-state index is 0.154. The predicted octanol–water partition coefficient (Wildman–Crippen LogP) is 1.20. The number of amides is 3. The molecule has 1 aliphatic heterocycles. The summed E-state index contributed by atoms with van der Waals surface area (Å²) in [6.07, 6.45) is 0. The van der Waals surface area contributed by atoms with Gasteiger partial charge in [-0.3, -0.25) is 9.59 Å². The van der Waals surface area contributed by atoms with Gasteiger partial charge in [0.25, 0.3) is 5.91 Å². The predicted molar refractivity (Wildman–Crippen MR) is 84.7 cm³/mol. The summed E-state index contributed by atoms with van der Waals surface area (Å²) >= 11 is 6.12. The van der Waals surface area contributed by atoms with E-state index in [1.165, 1.54) is 4.90 Å². The molecule has 0 saturated carbocycles. The van der Waals surface area contributed by atoms with Crippen molar-refractivity contribution >= 4 is 29.5 Å². The van der Waals surface area contributed by atoms with Gasteiger partial charge in [-0.05, 0) is 18.6 Å². The molecule has 1 heterocycles. The van der Waals surface area contributed by atoms with Gasteiger partial charge >= 0.3 is 12.0 Å². The van der Waals surface area contributed by atoms with Crippen molar-refractivity contribution in [1.29, 1.82) is 0 Å². The van der Waals surface area contributed by atoms with Gasteiger partial charge in [0.05, 0.1) is 10.6 Å². The lowest BCUT2D eigenvalue weighted by Crippen LogP contribution is -2.53. The zero-order chi connectivity index (χ0) is 17.0. The Hall–Kier alpha value is -2.28. The minimum atomic E-state index is -1.10. The zero-order valence-electron chi connectivity index (χ0n) is 12.7. The van der Waals surface area contributed by atoms with E-state index < -0.39 is 18.5 Å². The number of carboxylic acids is 1. The van der Waals surface area contributed by atoms with Crippen molar-refractivity contribution in [2.45, 2.75) is 6.92 Å². The molecule has 0 radical (unpaired) electrons. The molecule has 1 fully saturated rings. The maximum Gasteiger partial charge on any atom is 0.323 e. The average Bonchev–Trinajstić information content (AvgIpc) is 2.52. The van der Waals surface area contributed by atoms with E-state index in [2.05, 4.69) is 5.32 Å². The Morgan fingerprint density at radius 3 is 2.35 bits per heavy atom. The van der Waals surface area contributed by atoms with E-state index >= 15 is 0 Å². The lowest BCUT2D eigenvalue weighted by Gasteiger charge is -2.35. The van der Waals surface area contributed by atoms with Gasteiger partial charge in [-0.1, -0.05) is 23.7 Å². The molecule has 0 spiro atoms. The molecule has 0 aliphatic carbocycles. The second-order valence-corrected chi connectivity index (χ2v) is 5.67. The van der Waals surface area contributed by atoms with Crippen molar-refractivity contribution < 1.29 is 19.5 Å². The van der Waals surface area contributed by atoms with E-state index in [4.69, 9.17) is 16.7 Å². The number of piperazine rings is 1. The van der Waals surface area contributed by atoms with Gasteiger partial charge in [0.2, 0.25) is 0 Å². The topological polar surface area (TPSA) is 90.0 Å². The quantitative estimate of drug-likeness (QED) is 0.866. The molecule has 1 aromatic carbocycles. The number of aliphatic carboxylic acids is 1. The fraction of sp³-hybridized carbons (Fsp3) is 0.400. The Morgan fingerprint density at radius 1 is 1.17 bits per heavy atom. The fourth-order valence-electron chi connectivity index (χ4n) is 2.44. The highest BCUT2D eigenvalue weighted by Gasteiger charge is 2.26. The standard InChI is InChI=1S/C15H18ClN3O4/c1-10-3-2-4-11(16)13(10)14(22)18-5-7-19(8-6-18)15(23)17-9-12(20)21/h2-4H,5-9H2,1H3,(H,17,23)(H,20,21). The van der Waals surface area contributed by atoms with Gasteiger partial charge in [0.15, 0.2) is 0 Å². The van der Waals surface area contributed by atoms with Crippen LogP contribution in [0.5, 0.6) is 0 Å². The Bertz CT molecular complexity index is 607. The van der Waals surface area contributed by atoms with Crippen molar-refractivity contribution in [3.05, 3.63) is 34.3 Å². The molecule has 0 unspecified atom stereocenters. The number of hydrogen-bond acceptors (Lipinski definition) is 3.